The SMILES string of the molecule is COC(=O)c1ccoc1[O]. The Bertz CT molecular complexity index is 238. The third kappa shape index (κ3) is 0.953. The van der Waals surface area contributed by atoms with Crippen LogP contribution in [0.15, 0.2) is 16.7 Å². The highest BCUT2D eigenvalue weighted by Crippen LogP contribution is 2.18. The van der Waals surface area contributed by atoms with Gasteiger partial charge in [-0.15, -0.1) is 0 Å². The van der Waals surface area contributed by atoms with Gasteiger partial charge >= 0.3 is 11.9 Å². The van der Waals surface area contributed by atoms with Gasteiger partial charge in [-0.25, -0.2) is 9.90 Å². The van der Waals surface area contributed by atoms with Crippen LogP contribution in [0.1, 0.15) is 10.4 Å². The highest BCUT2D eigenvalue weighted by molar-refractivity contribution is 5.91. The molecule has 10 heavy (non-hydrogen) atoms. The summed E-state index contributed by atoms with van der Waals surface area (Å²) >= 11 is 0. The first-order valence-electron chi connectivity index (χ1n) is 2.58. The third-order valence-electron chi connectivity index (χ3n) is 1.04. The van der Waals surface area contributed by atoms with Crippen molar-refractivity contribution in [3.63, 3.8) is 0 Å². The maximum Gasteiger partial charge on any atom is 0.350 e. The first-order valence-corrected chi connectivity index (χ1v) is 2.58. The van der Waals surface area contributed by atoms with Gasteiger partial charge in [0.25, 0.3) is 0 Å². The molecule has 0 aliphatic heterocycles. The van der Waals surface area contributed by atoms with Crippen LogP contribution in [-0.2, 0) is 9.84 Å². The minimum atomic E-state index is -0.668. The summed E-state index contributed by atoms with van der Waals surface area (Å²) in [6.07, 6.45) is 1.15. The van der Waals surface area contributed by atoms with Crippen molar-refractivity contribution in [3.8, 4) is 5.95 Å². The van der Waals surface area contributed by atoms with Gasteiger partial charge in [0.05, 0.1) is 13.4 Å². The zero-order chi connectivity index (χ0) is 7.56. The average Bonchev–Trinajstić information content (AvgIpc) is 2.34. The Balaban J connectivity index is 2.93. The monoisotopic (exact) mass is 141 g/mol. The topological polar surface area (TPSA) is 59.3 Å². The van der Waals surface area contributed by atoms with Crippen LogP contribution in [0, 0.1) is 0 Å². The molecule has 1 radical (unpaired) electrons. The molecule has 1 aromatic heterocycles. The van der Waals surface area contributed by atoms with Crippen LogP contribution in [0.5, 0.6) is 5.95 Å². The summed E-state index contributed by atoms with van der Waals surface area (Å²) in [6, 6.07) is 1.27. The Labute approximate surface area is 57.0 Å². The normalized spacial score (nSPS) is 9.30. The van der Waals surface area contributed by atoms with Gasteiger partial charge in [-0.3, -0.25) is 0 Å². The van der Waals surface area contributed by atoms with Crippen molar-refractivity contribution in [1.82, 2.24) is 0 Å². The summed E-state index contributed by atoms with van der Waals surface area (Å²) in [5.41, 5.74) is -0.0671. The molecule has 0 atom stereocenters. The van der Waals surface area contributed by atoms with Crippen molar-refractivity contribution in [3.05, 3.63) is 17.9 Å². The second-order valence-corrected chi connectivity index (χ2v) is 1.61. The Morgan fingerprint density at radius 3 is 2.80 bits per heavy atom. The number of hydrogen-bond acceptors (Lipinski definition) is 3. The Morgan fingerprint density at radius 2 is 2.40 bits per heavy atom. The smallest absolute Gasteiger partial charge is 0.350 e. The zero-order valence-corrected chi connectivity index (χ0v) is 5.29. The molecule has 4 nitrogen and oxygen atoms in total. The van der Waals surface area contributed by atoms with Crippen molar-refractivity contribution < 1.29 is 19.1 Å². The van der Waals surface area contributed by atoms with E-state index < -0.39 is 11.9 Å². The predicted molar refractivity (Wildman–Crippen MR) is 30.2 cm³/mol. The summed E-state index contributed by atoms with van der Waals surface area (Å²) in [5, 5.41) is 10.6. The molecular weight excluding hydrogens is 136 g/mol. The number of rotatable bonds is 1. The number of furan rings is 1. The summed E-state index contributed by atoms with van der Waals surface area (Å²) in [6.45, 7) is 0. The Kier molecular flexibility index (Phi) is 1.62. The second-order valence-electron chi connectivity index (χ2n) is 1.61. The fourth-order valence-electron chi connectivity index (χ4n) is 0.557. The van der Waals surface area contributed by atoms with Crippen LogP contribution < -0.4 is 0 Å². The van der Waals surface area contributed by atoms with Crippen molar-refractivity contribution >= 4 is 5.97 Å². The van der Waals surface area contributed by atoms with Gasteiger partial charge in [0, 0.05) is 0 Å². The van der Waals surface area contributed by atoms with Gasteiger partial charge in [-0.2, -0.15) is 0 Å². The van der Waals surface area contributed by atoms with Crippen LogP contribution in [0.4, 0.5) is 0 Å². The summed E-state index contributed by atoms with van der Waals surface area (Å²) in [4.78, 5) is 10.6. The molecule has 0 spiro atoms. The van der Waals surface area contributed by atoms with E-state index in [1.54, 1.807) is 0 Å². The Hall–Kier alpha value is -1.45. The molecule has 0 aliphatic rings. The predicted octanol–water partition coefficient (Wildman–Crippen LogP) is 1.21. The van der Waals surface area contributed by atoms with Crippen molar-refractivity contribution in [2.24, 2.45) is 0 Å². The van der Waals surface area contributed by atoms with E-state index in [1.165, 1.54) is 13.2 Å². The third-order valence-corrected chi connectivity index (χ3v) is 1.04. The molecule has 0 aromatic carbocycles. The summed E-state index contributed by atoms with van der Waals surface area (Å²) in [7, 11) is 1.20. The minimum Gasteiger partial charge on any atom is -0.465 e. The first kappa shape index (κ1) is 6.67. The molecular formula is C6H5O4. The van der Waals surface area contributed by atoms with Crippen molar-refractivity contribution in [1.29, 1.82) is 0 Å². The number of hydrogen-bond donors (Lipinski definition) is 0. The fourth-order valence-corrected chi connectivity index (χ4v) is 0.557. The van der Waals surface area contributed by atoms with Gasteiger partial charge < -0.3 is 9.15 Å². The van der Waals surface area contributed by atoms with E-state index in [-0.39, 0.29) is 5.56 Å². The first-order chi connectivity index (χ1) is 4.75. The minimum absolute atomic E-state index is 0.0671. The molecule has 1 aromatic rings. The van der Waals surface area contributed by atoms with E-state index in [2.05, 4.69) is 9.15 Å². The number of methoxy groups -OCH3 is 1. The number of carbonyl (C=O) groups excluding carboxylic acids is 1. The fraction of sp³-hybridized carbons (Fsp3) is 0.167. The van der Waals surface area contributed by atoms with E-state index >= 15 is 0 Å². The molecule has 0 fully saturated rings. The van der Waals surface area contributed by atoms with Crippen molar-refractivity contribution in [2.45, 2.75) is 0 Å². The largest absolute Gasteiger partial charge is 0.465 e. The van der Waals surface area contributed by atoms with E-state index in [0.717, 1.165) is 6.26 Å². The van der Waals surface area contributed by atoms with Gasteiger partial charge in [0.1, 0.15) is 5.56 Å². The van der Waals surface area contributed by atoms with E-state index in [1.807, 2.05) is 0 Å². The maximum absolute atomic E-state index is 10.6. The molecule has 0 N–H and O–H groups in total. The second kappa shape index (κ2) is 2.43. The van der Waals surface area contributed by atoms with Crippen LogP contribution in [-0.4, -0.2) is 13.1 Å². The zero-order valence-electron chi connectivity index (χ0n) is 5.29. The molecule has 53 valence electrons. The maximum atomic E-state index is 10.6. The van der Waals surface area contributed by atoms with Gasteiger partial charge in [-0.05, 0) is 6.07 Å². The van der Waals surface area contributed by atoms with Crippen LogP contribution in [0.2, 0.25) is 0 Å². The number of esters is 1. The lowest BCUT2D eigenvalue weighted by atomic mass is 10.3. The number of carbonyl (C=O) groups is 1. The lowest BCUT2D eigenvalue weighted by Gasteiger charge is -1.90. The molecule has 0 bridgehead atoms. The van der Waals surface area contributed by atoms with Crippen molar-refractivity contribution in [2.75, 3.05) is 7.11 Å². The molecule has 0 saturated carbocycles. The average molecular weight is 141 g/mol. The molecule has 4 heteroatoms. The molecule has 0 amide bonds. The highest BCUT2D eigenvalue weighted by atomic mass is 16.5. The molecule has 1 heterocycles. The molecule has 0 saturated heterocycles. The van der Waals surface area contributed by atoms with Gasteiger partial charge in [-0.1, -0.05) is 0 Å². The Morgan fingerprint density at radius 1 is 1.70 bits per heavy atom. The van der Waals surface area contributed by atoms with Crippen LogP contribution >= 0.6 is 0 Å². The molecule has 0 unspecified atom stereocenters. The van der Waals surface area contributed by atoms with Gasteiger partial charge in [0.2, 0.25) is 0 Å². The quantitative estimate of drug-likeness (QED) is 0.552. The lowest BCUT2D eigenvalue weighted by Crippen LogP contribution is -1.98. The standard InChI is InChI=1S/C6H5O4/c1-9-5(7)4-2-3-10-6(4)8/h2-3H,1H3. The molecule has 1 rings (SSSR count). The summed E-state index contributed by atoms with van der Waals surface area (Å²) < 4.78 is 8.61. The van der Waals surface area contributed by atoms with Crippen LogP contribution in [0.3, 0.4) is 0 Å². The van der Waals surface area contributed by atoms with Crippen LogP contribution in [0.25, 0.3) is 0 Å². The molecule has 0 aliphatic carbocycles. The van der Waals surface area contributed by atoms with E-state index in [9.17, 15) is 9.90 Å². The number of ether oxygens (including phenoxy) is 1. The lowest BCUT2D eigenvalue weighted by molar-refractivity contribution is 0.0591. The summed E-state index contributed by atoms with van der Waals surface area (Å²) in [5.74, 6) is -1.33. The van der Waals surface area contributed by atoms with Gasteiger partial charge in [0.15, 0.2) is 0 Å². The van der Waals surface area contributed by atoms with E-state index in [4.69, 9.17) is 0 Å². The van der Waals surface area contributed by atoms with E-state index in [0.29, 0.717) is 0 Å². The highest BCUT2D eigenvalue weighted by Gasteiger charge is 2.14.